The van der Waals surface area contributed by atoms with Crippen LogP contribution in [0.2, 0.25) is 10.0 Å². The summed E-state index contributed by atoms with van der Waals surface area (Å²) in [7, 11) is 0. The monoisotopic (exact) mass is 262 g/mol. The molecule has 0 atom stereocenters. The summed E-state index contributed by atoms with van der Waals surface area (Å²) in [5, 5.41) is 9.52. The predicted octanol–water partition coefficient (Wildman–Crippen LogP) is 3.81. The highest BCUT2D eigenvalue weighted by molar-refractivity contribution is 7.98. The lowest BCUT2D eigenvalue weighted by Gasteiger charge is -2.04. The van der Waals surface area contributed by atoms with Crippen LogP contribution in [0.15, 0.2) is 23.1 Å². The largest absolute Gasteiger partial charge is 0.478 e. The maximum Gasteiger partial charge on any atom is 0.328 e. The molecular formula is C10H8Cl2O2S. The molecule has 0 radical (unpaired) electrons. The minimum absolute atomic E-state index is 0.487. The van der Waals surface area contributed by atoms with E-state index in [4.69, 9.17) is 28.3 Å². The molecular weight excluding hydrogens is 255 g/mol. The van der Waals surface area contributed by atoms with E-state index in [9.17, 15) is 4.79 Å². The summed E-state index contributed by atoms with van der Waals surface area (Å²) in [6.45, 7) is 0. The van der Waals surface area contributed by atoms with E-state index < -0.39 is 5.97 Å². The molecule has 0 spiro atoms. The number of halogens is 2. The summed E-state index contributed by atoms with van der Waals surface area (Å²) < 4.78 is 0. The van der Waals surface area contributed by atoms with Crippen LogP contribution in [0.5, 0.6) is 0 Å². The first-order valence-electron chi connectivity index (χ1n) is 3.98. The van der Waals surface area contributed by atoms with E-state index in [1.54, 1.807) is 12.1 Å². The number of hydrogen-bond donors (Lipinski definition) is 1. The van der Waals surface area contributed by atoms with Crippen LogP contribution < -0.4 is 0 Å². The van der Waals surface area contributed by atoms with E-state index in [1.165, 1.54) is 17.8 Å². The Morgan fingerprint density at radius 3 is 2.60 bits per heavy atom. The van der Waals surface area contributed by atoms with Crippen molar-refractivity contribution in [1.82, 2.24) is 0 Å². The molecule has 2 nitrogen and oxygen atoms in total. The van der Waals surface area contributed by atoms with Gasteiger partial charge in [-0.3, -0.25) is 0 Å². The number of carbonyl (C=O) groups is 1. The van der Waals surface area contributed by atoms with Crippen LogP contribution in [0.4, 0.5) is 0 Å². The van der Waals surface area contributed by atoms with Gasteiger partial charge in [-0.2, -0.15) is 0 Å². The molecule has 0 bridgehead atoms. The standard InChI is InChI=1S/C10H8Cl2O2S/c1-15-9-5-7(11)6(4-8(9)12)2-3-10(13)14/h2-5H,1H3,(H,13,14)/b3-2+. The van der Waals surface area contributed by atoms with Crippen LogP contribution in [0.3, 0.4) is 0 Å². The van der Waals surface area contributed by atoms with Crippen LogP contribution in [0.1, 0.15) is 5.56 Å². The van der Waals surface area contributed by atoms with Crippen molar-refractivity contribution >= 4 is 47.0 Å². The second-order valence-electron chi connectivity index (χ2n) is 2.68. The topological polar surface area (TPSA) is 37.3 Å². The highest BCUT2D eigenvalue weighted by Crippen LogP contribution is 2.31. The van der Waals surface area contributed by atoms with Crippen molar-refractivity contribution in [3.05, 3.63) is 33.8 Å². The van der Waals surface area contributed by atoms with Crippen molar-refractivity contribution in [2.75, 3.05) is 6.26 Å². The second-order valence-corrected chi connectivity index (χ2v) is 4.34. The van der Waals surface area contributed by atoms with E-state index in [0.29, 0.717) is 15.6 Å². The van der Waals surface area contributed by atoms with Crippen LogP contribution in [0, 0.1) is 0 Å². The number of thioether (sulfide) groups is 1. The Morgan fingerprint density at radius 2 is 2.07 bits per heavy atom. The Kier molecular flexibility index (Phi) is 4.51. The molecule has 0 aliphatic heterocycles. The summed E-state index contributed by atoms with van der Waals surface area (Å²) >= 11 is 13.4. The molecule has 0 aromatic heterocycles. The van der Waals surface area contributed by atoms with Gasteiger partial charge in [-0.25, -0.2) is 4.79 Å². The minimum atomic E-state index is -1.02. The van der Waals surface area contributed by atoms with Crippen LogP contribution >= 0.6 is 35.0 Å². The molecule has 0 aliphatic carbocycles. The van der Waals surface area contributed by atoms with E-state index in [-0.39, 0.29) is 0 Å². The summed E-state index contributed by atoms with van der Waals surface area (Å²) in [6.07, 6.45) is 4.33. The van der Waals surface area contributed by atoms with Gasteiger partial charge in [0.25, 0.3) is 0 Å². The molecule has 1 rings (SSSR count). The molecule has 15 heavy (non-hydrogen) atoms. The van der Waals surface area contributed by atoms with Crippen molar-refractivity contribution < 1.29 is 9.90 Å². The fourth-order valence-electron chi connectivity index (χ4n) is 0.989. The molecule has 0 unspecified atom stereocenters. The Labute approximate surface area is 102 Å². The SMILES string of the molecule is CSc1cc(Cl)c(/C=C/C(=O)O)cc1Cl. The average Bonchev–Trinajstić information content (AvgIpc) is 2.18. The molecule has 5 heteroatoms. The molecule has 0 aliphatic rings. The van der Waals surface area contributed by atoms with Crippen LogP contribution in [0.25, 0.3) is 6.08 Å². The van der Waals surface area contributed by atoms with Crippen molar-refractivity contribution in [3.63, 3.8) is 0 Å². The molecule has 1 N–H and O–H groups in total. The molecule has 0 amide bonds. The molecule has 1 aromatic carbocycles. The summed E-state index contributed by atoms with van der Waals surface area (Å²) in [5.41, 5.74) is 0.599. The number of rotatable bonds is 3. The third kappa shape index (κ3) is 3.45. The Bertz CT molecular complexity index is 416. The molecule has 1 aromatic rings. The number of benzene rings is 1. The molecule has 80 valence electrons. The number of carboxylic acid groups (broad SMARTS) is 1. The van der Waals surface area contributed by atoms with Gasteiger partial charge in [0.2, 0.25) is 0 Å². The van der Waals surface area contributed by atoms with Crippen LogP contribution in [-0.2, 0) is 4.79 Å². The first-order valence-corrected chi connectivity index (χ1v) is 5.96. The number of aliphatic carboxylic acids is 1. The normalized spacial score (nSPS) is 10.9. The fraction of sp³-hybridized carbons (Fsp3) is 0.100. The average molecular weight is 263 g/mol. The third-order valence-corrected chi connectivity index (χ3v) is 3.21. The lowest BCUT2D eigenvalue weighted by molar-refractivity contribution is -0.131. The van der Waals surface area contributed by atoms with Gasteiger partial charge < -0.3 is 5.11 Å². The van der Waals surface area contributed by atoms with Gasteiger partial charge in [-0.15, -0.1) is 11.8 Å². The van der Waals surface area contributed by atoms with E-state index in [2.05, 4.69) is 0 Å². The van der Waals surface area contributed by atoms with Gasteiger partial charge in [0.1, 0.15) is 0 Å². The zero-order chi connectivity index (χ0) is 11.4. The van der Waals surface area contributed by atoms with Crippen molar-refractivity contribution in [3.8, 4) is 0 Å². The van der Waals surface area contributed by atoms with Crippen molar-refractivity contribution in [2.24, 2.45) is 0 Å². The fourth-order valence-corrected chi connectivity index (χ4v) is 2.17. The van der Waals surface area contributed by atoms with Crippen molar-refractivity contribution in [1.29, 1.82) is 0 Å². The van der Waals surface area contributed by atoms with Crippen molar-refractivity contribution in [2.45, 2.75) is 4.90 Å². The van der Waals surface area contributed by atoms with E-state index in [1.807, 2.05) is 6.26 Å². The maximum absolute atomic E-state index is 10.3. The minimum Gasteiger partial charge on any atom is -0.478 e. The van der Waals surface area contributed by atoms with Gasteiger partial charge in [-0.1, -0.05) is 23.2 Å². The third-order valence-electron chi connectivity index (χ3n) is 1.68. The van der Waals surface area contributed by atoms with E-state index >= 15 is 0 Å². The van der Waals surface area contributed by atoms with Gasteiger partial charge >= 0.3 is 5.97 Å². The first kappa shape index (κ1) is 12.4. The highest BCUT2D eigenvalue weighted by atomic mass is 35.5. The molecule has 0 saturated carbocycles. The lowest BCUT2D eigenvalue weighted by atomic mass is 10.2. The molecule has 0 heterocycles. The van der Waals surface area contributed by atoms with Gasteiger partial charge in [-0.05, 0) is 30.0 Å². The Hall–Kier alpha value is -0.640. The first-order chi connectivity index (χ1) is 7.04. The maximum atomic E-state index is 10.3. The van der Waals surface area contributed by atoms with E-state index in [0.717, 1.165) is 11.0 Å². The van der Waals surface area contributed by atoms with Gasteiger partial charge in [0.15, 0.2) is 0 Å². The zero-order valence-electron chi connectivity index (χ0n) is 7.83. The quantitative estimate of drug-likeness (QED) is 0.665. The Morgan fingerprint density at radius 1 is 1.40 bits per heavy atom. The zero-order valence-corrected chi connectivity index (χ0v) is 10.2. The van der Waals surface area contributed by atoms with Gasteiger partial charge in [0, 0.05) is 16.0 Å². The highest BCUT2D eigenvalue weighted by Gasteiger charge is 2.04. The summed E-state index contributed by atoms with van der Waals surface area (Å²) in [4.78, 5) is 11.2. The van der Waals surface area contributed by atoms with Gasteiger partial charge in [0.05, 0.1) is 5.02 Å². The smallest absolute Gasteiger partial charge is 0.328 e. The number of hydrogen-bond acceptors (Lipinski definition) is 2. The summed E-state index contributed by atoms with van der Waals surface area (Å²) in [6, 6.07) is 3.37. The molecule has 0 saturated heterocycles. The number of carboxylic acids is 1. The molecule has 0 fully saturated rings. The Balaban J connectivity index is 3.10. The lowest BCUT2D eigenvalue weighted by Crippen LogP contribution is -1.86. The second kappa shape index (κ2) is 5.45. The predicted molar refractivity (Wildman–Crippen MR) is 64.9 cm³/mol. The summed E-state index contributed by atoms with van der Waals surface area (Å²) in [5.74, 6) is -1.02. The van der Waals surface area contributed by atoms with Crippen LogP contribution in [-0.4, -0.2) is 17.3 Å².